The number of piperidine rings is 1. The van der Waals surface area contributed by atoms with Crippen LogP contribution < -0.4 is 4.74 Å². The Hall–Kier alpha value is -3.36. The van der Waals surface area contributed by atoms with Crippen LogP contribution in [0.5, 0.6) is 5.75 Å². The normalized spacial score (nSPS) is 17.2. The van der Waals surface area contributed by atoms with Gasteiger partial charge in [0.2, 0.25) is 17.6 Å². The number of amides is 3. The average molecular weight is 455 g/mol. The maximum atomic E-state index is 13.0. The van der Waals surface area contributed by atoms with Crippen LogP contribution in [0.15, 0.2) is 40.9 Å². The van der Waals surface area contributed by atoms with Crippen LogP contribution in [0.4, 0.5) is 0 Å². The highest BCUT2D eigenvalue weighted by molar-refractivity contribution is 5.91. The number of ether oxygens (including phenoxy) is 1. The fourth-order valence-electron chi connectivity index (χ4n) is 4.32. The van der Waals surface area contributed by atoms with E-state index >= 15 is 0 Å². The summed E-state index contributed by atoms with van der Waals surface area (Å²) in [6, 6.07) is 11.1. The Balaban J connectivity index is 1.17. The quantitative estimate of drug-likeness (QED) is 0.662. The highest BCUT2D eigenvalue weighted by Crippen LogP contribution is 2.22. The summed E-state index contributed by atoms with van der Waals surface area (Å²) in [6.07, 6.45) is 1.66. The average Bonchev–Trinajstić information content (AvgIpc) is 3.30. The zero-order valence-corrected chi connectivity index (χ0v) is 18.9. The van der Waals surface area contributed by atoms with Crippen LogP contribution >= 0.6 is 0 Å². The van der Waals surface area contributed by atoms with Gasteiger partial charge in [0.25, 0.3) is 5.91 Å². The summed E-state index contributed by atoms with van der Waals surface area (Å²) in [5.41, 5.74) is 0.667. The Kier molecular flexibility index (Phi) is 7.26. The molecular weight excluding hydrogens is 424 g/mol. The number of hydrogen-bond acceptors (Lipinski definition) is 6. The Labute approximate surface area is 193 Å². The third kappa shape index (κ3) is 5.71. The summed E-state index contributed by atoms with van der Waals surface area (Å²) in [5, 5.41) is 3.76. The molecule has 0 unspecified atom stereocenters. The monoisotopic (exact) mass is 454 g/mol. The Bertz CT molecular complexity index is 960. The van der Waals surface area contributed by atoms with Crippen molar-refractivity contribution in [1.82, 2.24) is 19.9 Å². The van der Waals surface area contributed by atoms with Crippen LogP contribution in [0.2, 0.25) is 0 Å². The van der Waals surface area contributed by atoms with E-state index in [2.05, 4.69) is 5.16 Å². The van der Waals surface area contributed by atoms with Crippen molar-refractivity contribution in [2.24, 2.45) is 5.92 Å². The molecule has 0 N–H and O–H groups in total. The molecule has 0 bridgehead atoms. The molecule has 0 atom stereocenters. The van der Waals surface area contributed by atoms with Crippen LogP contribution in [-0.2, 0) is 9.59 Å². The van der Waals surface area contributed by atoms with Crippen molar-refractivity contribution in [2.75, 3.05) is 45.9 Å². The van der Waals surface area contributed by atoms with Crippen LogP contribution in [0.25, 0.3) is 0 Å². The Morgan fingerprint density at radius 1 is 0.970 bits per heavy atom. The van der Waals surface area contributed by atoms with Gasteiger partial charge in [0, 0.05) is 51.3 Å². The smallest absolute Gasteiger partial charge is 0.292 e. The summed E-state index contributed by atoms with van der Waals surface area (Å²) < 4.78 is 10.7. The van der Waals surface area contributed by atoms with Crippen molar-refractivity contribution >= 4 is 17.7 Å². The molecule has 1 aromatic heterocycles. The zero-order valence-electron chi connectivity index (χ0n) is 18.9. The third-order valence-corrected chi connectivity index (χ3v) is 6.24. The first kappa shape index (κ1) is 22.8. The maximum Gasteiger partial charge on any atom is 0.292 e. The first-order valence-corrected chi connectivity index (χ1v) is 11.5. The van der Waals surface area contributed by atoms with Gasteiger partial charge in [-0.05, 0) is 31.9 Å². The van der Waals surface area contributed by atoms with Crippen LogP contribution in [0.1, 0.15) is 35.5 Å². The first-order valence-electron chi connectivity index (χ1n) is 11.5. The molecule has 3 heterocycles. The molecule has 0 spiro atoms. The van der Waals surface area contributed by atoms with E-state index in [4.69, 9.17) is 9.26 Å². The number of piperazine rings is 1. The summed E-state index contributed by atoms with van der Waals surface area (Å²) in [5.74, 6) is 0.911. The number of para-hydroxylation sites is 1. The number of carbonyl (C=O) groups excluding carboxylic acids is 3. The van der Waals surface area contributed by atoms with Gasteiger partial charge in [-0.3, -0.25) is 14.4 Å². The molecule has 9 nitrogen and oxygen atoms in total. The number of rotatable bonds is 6. The van der Waals surface area contributed by atoms with Crippen molar-refractivity contribution in [2.45, 2.75) is 26.2 Å². The lowest BCUT2D eigenvalue weighted by atomic mass is 9.94. The van der Waals surface area contributed by atoms with Gasteiger partial charge in [-0.15, -0.1) is 0 Å². The molecular formula is C24H30N4O5. The predicted octanol–water partition coefficient (Wildman–Crippen LogP) is 1.98. The topological polar surface area (TPSA) is 96.2 Å². The number of carbonyl (C=O) groups is 3. The summed E-state index contributed by atoms with van der Waals surface area (Å²) >= 11 is 0. The number of hydrogen-bond donors (Lipinski definition) is 0. The largest absolute Gasteiger partial charge is 0.493 e. The summed E-state index contributed by atoms with van der Waals surface area (Å²) in [4.78, 5) is 43.3. The number of aryl methyl sites for hydroxylation is 1. The van der Waals surface area contributed by atoms with Crippen molar-refractivity contribution in [3.8, 4) is 5.75 Å². The molecule has 33 heavy (non-hydrogen) atoms. The fourth-order valence-corrected chi connectivity index (χ4v) is 4.32. The second kappa shape index (κ2) is 10.5. The predicted molar refractivity (Wildman–Crippen MR) is 120 cm³/mol. The third-order valence-electron chi connectivity index (χ3n) is 6.24. The van der Waals surface area contributed by atoms with Crippen molar-refractivity contribution < 1.29 is 23.6 Å². The maximum absolute atomic E-state index is 13.0. The van der Waals surface area contributed by atoms with Crippen molar-refractivity contribution in [1.29, 1.82) is 0 Å². The van der Waals surface area contributed by atoms with Crippen LogP contribution in [0.3, 0.4) is 0 Å². The van der Waals surface area contributed by atoms with Gasteiger partial charge in [-0.1, -0.05) is 23.4 Å². The lowest BCUT2D eigenvalue weighted by Gasteiger charge is -2.38. The SMILES string of the molecule is Cc1cc(C(=O)N2CCN(C(=O)C3CCN(C(=O)CCOc4ccccc4)CC3)CC2)on1. The minimum atomic E-state index is -0.189. The van der Waals surface area contributed by atoms with Gasteiger partial charge in [-0.2, -0.15) is 0 Å². The standard InChI is InChI=1S/C24H30N4O5/c1-18-17-21(33-25-18)24(31)28-14-12-27(13-15-28)23(30)19-7-10-26(11-8-19)22(29)9-16-32-20-5-3-2-4-6-20/h2-6,17,19H,7-16H2,1H3. The van der Waals surface area contributed by atoms with Gasteiger partial charge in [0.15, 0.2) is 0 Å². The lowest BCUT2D eigenvalue weighted by Crippen LogP contribution is -2.53. The molecule has 2 fully saturated rings. The second-order valence-electron chi connectivity index (χ2n) is 8.52. The molecule has 1 aromatic carbocycles. The molecule has 0 aliphatic carbocycles. The molecule has 3 amide bonds. The molecule has 2 saturated heterocycles. The van der Waals surface area contributed by atoms with E-state index in [1.165, 1.54) is 0 Å². The zero-order chi connectivity index (χ0) is 23.2. The summed E-state index contributed by atoms with van der Waals surface area (Å²) in [7, 11) is 0. The van der Waals surface area contributed by atoms with Crippen LogP contribution in [-0.4, -0.2) is 83.5 Å². The van der Waals surface area contributed by atoms with E-state index in [0.717, 1.165) is 5.75 Å². The molecule has 2 aromatic rings. The van der Waals surface area contributed by atoms with Crippen molar-refractivity contribution in [3.05, 3.63) is 47.9 Å². The first-order chi connectivity index (χ1) is 16.0. The van der Waals surface area contributed by atoms with Crippen LogP contribution in [0, 0.1) is 12.8 Å². The van der Waals surface area contributed by atoms with E-state index in [1.807, 2.05) is 40.1 Å². The molecule has 2 aliphatic rings. The number of benzene rings is 1. The molecule has 0 saturated carbocycles. The van der Waals surface area contributed by atoms with E-state index in [-0.39, 0.29) is 29.4 Å². The highest BCUT2D eigenvalue weighted by atomic mass is 16.5. The van der Waals surface area contributed by atoms with Gasteiger partial charge in [-0.25, -0.2) is 0 Å². The second-order valence-corrected chi connectivity index (χ2v) is 8.52. The minimum absolute atomic E-state index is 0.0617. The van der Waals surface area contributed by atoms with Gasteiger partial charge >= 0.3 is 0 Å². The van der Waals surface area contributed by atoms with E-state index in [1.54, 1.807) is 17.9 Å². The Morgan fingerprint density at radius 2 is 1.64 bits per heavy atom. The minimum Gasteiger partial charge on any atom is -0.493 e. The van der Waals surface area contributed by atoms with E-state index < -0.39 is 0 Å². The van der Waals surface area contributed by atoms with Gasteiger partial charge in [0.1, 0.15) is 5.75 Å². The van der Waals surface area contributed by atoms with E-state index in [0.29, 0.717) is 70.8 Å². The van der Waals surface area contributed by atoms with E-state index in [9.17, 15) is 14.4 Å². The van der Waals surface area contributed by atoms with Gasteiger partial charge in [0.05, 0.1) is 18.7 Å². The molecule has 2 aliphatic heterocycles. The number of aromatic nitrogens is 1. The molecule has 4 rings (SSSR count). The summed E-state index contributed by atoms with van der Waals surface area (Å²) in [6.45, 7) is 5.26. The molecule has 0 radical (unpaired) electrons. The fraction of sp³-hybridized carbons (Fsp3) is 0.500. The van der Waals surface area contributed by atoms with Crippen molar-refractivity contribution in [3.63, 3.8) is 0 Å². The molecule has 176 valence electrons. The van der Waals surface area contributed by atoms with Gasteiger partial charge < -0.3 is 24.0 Å². The Morgan fingerprint density at radius 3 is 2.27 bits per heavy atom. The molecule has 9 heteroatoms. The number of nitrogens with zero attached hydrogens (tertiary/aromatic N) is 4. The number of likely N-dealkylation sites (tertiary alicyclic amines) is 1. The lowest BCUT2D eigenvalue weighted by molar-refractivity contribution is -0.142. The highest BCUT2D eigenvalue weighted by Gasteiger charge is 2.33.